The summed E-state index contributed by atoms with van der Waals surface area (Å²) in [5.74, 6) is 1.68. The summed E-state index contributed by atoms with van der Waals surface area (Å²) >= 11 is 0. The average molecular weight is 284 g/mol. The third kappa shape index (κ3) is 5.41. The molecule has 20 heavy (non-hydrogen) atoms. The average Bonchev–Trinajstić information content (AvgIpc) is 3.05. The van der Waals surface area contributed by atoms with Gasteiger partial charge < -0.3 is 15.0 Å². The Morgan fingerprint density at radius 1 is 1.45 bits per heavy atom. The summed E-state index contributed by atoms with van der Waals surface area (Å²) in [5, 5.41) is 3.28. The van der Waals surface area contributed by atoms with Gasteiger partial charge in [0.25, 0.3) is 0 Å². The number of hydrogen-bond donors (Lipinski definition) is 1. The molecule has 0 spiro atoms. The van der Waals surface area contributed by atoms with Crippen LogP contribution >= 0.6 is 0 Å². The highest BCUT2D eigenvalue weighted by Crippen LogP contribution is 2.37. The molecule has 0 aliphatic heterocycles. The van der Waals surface area contributed by atoms with Crippen molar-refractivity contribution in [2.75, 3.05) is 33.3 Å². The maximum Gasteiger partial charge on any atom is 0.326 e. The van der Waals surface area contributed by atoms with Gasteiger partial charge in [0.05, 0.1) is 6.61 Å². The minimum atomic E-state index is -0.543. The Morgan fingerprint density at radius 2 is 2.10 bits per heavy atom. The van der Waals surface area contributed by atoms with Crippen molar-refractivity contribution in [3.8, 4) is 0 Å². The molecule has 4 heteroatoms. The van der Waals surface area contributed by atoms with E-state index in [0.29, 0.717) is 6.61 Å². The quantitative estimate of drug-likeness (QED) is 0.625. The molecule has 1 aliphatic carbocycles. The third-order valence-electron chi connectivity index (χ3n) is 4.33. The molecule has 3 atom stereocenters. The van der Waals surface area contributed by atoms with Crippen LogP contribution in [-0.2, 0) is 9.53 Å². The van der Waals surface area contributed by atoms with Gasteiger partial charge in [0.2, 0.25) is 0 Å². The first-order valence-corrected chi connectivity index (χ1v) is 8.03. The summed E-state index contributed by atoms with van der Waals surface area (Å²) in [6.45, 7) is 11.6. The van der Waals surface area contributed by atoms with Gasteiger partial charge in [-0.1, -0.05) is 13.8 Å². The van der Waals surface area contributed by atoms with E-state index in [1.807, 2.05) is 20.8 Å². The summed E-state index contributed by atoms with van der Waals surface area (Å²) in [5.41, 5.74) is -0.543. The fourth-order valence-electron chi connectivity index (χ4n) is 2.79. The fourth-order valence-corrected chi connectivity index (χ4v) is 2.79. The Bertz CT molecular complexity index is 309. The lowest BCUT2D eigenvalue weighted by molar-refractivity contribution is -0.150. The van der Waals surface area contributed by atoms with E-state index in [-0.39, 0.29) is 5.97 Å². The Balaban J connectivity index is 2.32. The summed E-state index contributed by atoms with van der Waals surface area (Å²) < 4.78 is 5.19. The molecule has 0 saturated heterocycles. The number of ether oxygens (including phenoxy) is 1. The molecule has 1 saturated carbocycles. The van der Waals surface area contributed by atoms with Gasteiger partial charge in [-0.2, -0.15) is 0 Å². The van der Waals surface area contributed by atoms with Crippen LogP contribution in [0.1, 0.15) is 47.0 Å². The Kier molecular flexibility index (Phi) is 6.96. The van der Waals surface area contributed by atoms with E-state index in [4.69, 9.17) is 4.74 Å². The number of rotatable bonds is 10. The molecule has 3 unspecified atom stereocenters. The zero-order valence-corrected chi connectivity index (χ0v) is 13.9. The topological polar surface area (TPSA) is 41.6 Å². The minimum Gasteiger partial charge on any atom is -0.465 e. The molecule has 118 valence electrons. The summed E-state index contributed by atoms with van der Waals surface area (Å²) in [6, 6.07) is 0. The second-order valence-corrected chi connectivity index (χ2v) is 6.42. The summed E-state index contributed by atoms with van der Waals surface area (Å²) in [4.78, 5) is 14.5. The number of carbonyl (C=O) groups excluding carboxylic acids is 1. The van der Waals surface area contributed by atoms with Crippen molar-refractivity contribution in [1.82, 2.24) is 10.2 Å². The maximum absolute atomic E-state index is 12.1. The highest BCUT2D eigenvalue weighted by atomic mass is 16.5. The predicted molar refractivity (Wildman–Crippen MR) is 82.7 cm³/mol. The van der Waals surface area contributed by atoms with E-state index >= 15 is 0 Å². The van der Waals surface area contributed by atoms with Crippen LogP contribution in [0, 0.1) is 11.8 Å². The molecule has 1 aliphatic rings. The van der Waals surface area contributed by atoms with E-state index in [0.717, 1.165) is 37.8 Å². The van der Waals surface area contributed by atoms with Crippen LogP contribution in [0.3, 0.4) is 0 Å². The molecule has 0 amide bonds. The fraction of sp³-hybridized carbons (Fsp3) is 0.938. The smallest absolute Gasteiger partial charge is 0.326 e. The van der Waals surface area contributed by atoms with Gasteiger partial charge >= 0.3 is 5.97 Å². The molecule has 1 N–H and O–H groups in total. The van der Waals surface area contributed by atoms with E-state index in [1.165, 1.54) is 13.0 Å². The Hall–Kier alpha value is -0.610. The van der Waals surface area contributed by atoms with E-state index in [9.17, 15) is 4.79 Å². The standard InChI is InChI=1S/C16H32N2O2/c1-6-17-16(4,15(19)20-7-2)9-8-10-18(5)12-14-11-13(14)3/h13-14,17H,6-12H2,1-5H3. The van der Waals surface area contributed by atoms with Crippen LogP contribution in [0.25, 0.3) is 0 Å². The first-order chi connectivity index (χ1) is 9.42. The first kappa shape index (κ1) is 17.4. The molecule has 0 aromatic heterocycles. The summed E-state index contributed by atoms with van der Waals surface area (Å²) in [6.07, 6.45) is 3.21. The predicted octanol–water partition coefficient (Wildman–Crippen LogP) is 2.29. The number of hydrogen-bond acceptors (Lipinski definition) is 4. The number of carbonyl (C=O) groups is 1. The second kappa shape index (κ2) is 7.99. The molecule has 0 radical (unpaired) electrons. The number of nitrogens with one attached hydrogen (secondary N) is 1. The maximum atomic E-state index is 12.1. The molecule has 0 heterocycles. The van der Waals surface area contributed by atoms with Gasteiger partial charge in [0, 0.05) is 6.54 Å². The SMILES string of the molecule is CCNC(C)(CCCN(C)CC1CC1C)C(=O)OCC. The molecule has 0 bridgehead atoms. The van der Waals surface area contributed by atoms with Gasteiger partial charge in [-0.05, 0) is 65.1 Å². The molecule has 1 fully saturated rings. The van der Waals surface area contributed by atoms with Crippen LogP contribution < -0.4 is 5.32 Å². The van der Waals surface area contributed by atoms with Crippen LogP contribution in [0.5, 0.6) is 0 Å². The number of esters is 1. The monoisotopic (exact) mass is 284 g/mol. The molecule has 0 aromatic carbocycles. The highest BCUT2D eigenvalue weighted by Gasteiger charge is 2.34. The Morgan fingerprint density at radius 3 is 2.60 bits per heavy atom. The summed E-state index contributed by atoms with van der Waals surface area (Å²) in [7, 11) is 2.18. The van der Waals surface area contributed by atoms with E-state index in [1.54, 1.807) is 0 Å². The highest BCUT2D eigenvalue weighted by molar-refractivity contribution is 5.80. The van der Waals surface area contributed by atoms with Crippen molar-refractivity contribution in [2.24, 2.45) is 11.8 Å². The lowest BCUT2D eigenvalue weighted by Crippen LogP contribution is -2.50. The number of nitrogens with zero attached hydrogens (tertiary/aromatic N) is 1. The van der Waals surface area contributed by atoms with Gasteiger partial charge in [-0.25, -0.2) is 0 Å². The van der Waals surface area contributed by atoms with Crippen molar-refractivity contribution in [3.63, 3.8) is 0 Å². The Labute approximate surface area is 124 Å². The van der Waals surface area contributed by atoms with Gasteiger partial charge in [0.1, 0.15) is 5.54 Å². The molecular weight excluding hydrogens is 252 g/mol. The van der Waals surface area contributed by atoms with Crippen molar-refractivity contribution in [2.45, 2.75) is 52.5 Å². The molecule has 4 nitrogen and oxygen atoms in total. The van der Waals surface area contributed by atoms with Crippen molar-refractivity contribution < 1.29 is 9.53 Å². The second-order valence-electron chi connectivity index (χ2n) is 6.42. The van der Waals surface area contributed by atoms with E-state index < -0.39 is 5.54 Å². The largest absolute Gasteiger partial charge is 0.465 e. The van der Waals surface area contributed by atoms with Crippen molar-refractivity contribution in [3.05, 3.63) is 0 Å². The number of likely N-dealkylation sites (N-methyl/N-ethyl adjacent to an activating group) is 1. The van der Waals surface area contributed by atoms with Crippen LogP contribution in [0.15, 0.2) is 0 Å². The normalized spacial score (nSPS) is 24.5. The minimum absolute atomic E-state index is 0.125. The van der Waals surface area contributed by atoms with Gasteiger partial charge in [-0.15, -0.1) is 0 Å². The van der Waals surface area contributed by atoms with Gasteiger partial charge in [-0.3, -0.25) is 4.79 Å². The van der Waals surface area contributed by atoms with Crippen molar-refractivity contribution in [1.29, 1.82) is 0 Å². The van der Waals surface area contributed by atoms with Gasteiger partial charge in [0.15, 0.2) is 0 Å². The zero-order valence-electron chi connectivity index (χ0n) is 13.9. The van der Waals surface area contributed by atoms with Crippen LogP contribution in [-0.4, -0.2) is 49.7 Å². The van der Waals surface area contributed by atoms with Crippen molar-refractivity contribution >= 4 is 5.97 Å². The van der Waals surface area contributed by atoms with E-state index in [2.05, 4.69) is 24.2 Å². The molecule has 0 aromatic rings. The first-order valence-electron chi connectivity index (χ1n) is 8.03. The van der Waals surface area contributed by atoms with Crippen LogP contribution in [0.2, 0.25) is 0 Å². The molecule has 1 rings (SSSR count). The lowest BCUT2D eigenvalue weighted by atomic mass is 9.95. The van der Waals surface area contributed by atoms with Crippen LogP contribution in [0.4, 0.5) is 0 Å². The lowest BCUT2D eigenvalue weighted by Gasteiger charge is -2.29. The zero-order chi connectivity index (χ0) is 15.2. The molecular formula is C16H32N2O2. The third-order valence-corrected chi connectivity index (χ3v) is 4.33.